The molecule has 1 heterocycles. The van der Waals surface area contributed by atoms with E-state index in [2.05, 4.69) is 15.9 Å². The fourth-order valence-electron chi connectivity index (χ4n) is 2.98. The standard InChI is InChI=1S/C15H19BrN2O2/c1-20-10-4-5-12(16)11(8-10)15-13(17)6-7-14(19)18(15)9-2-3-9/h4-5,8-9,13,15H,2-3,6-7,17H2,1H3. The molecule has 4 nitrogen and oxygen atoms in total. The predicted octanol–water partition coefficient (Wildman–Crippen LogP) is 2.61. The number of halogens is 1. The molecule has 0 radical (unpaired) electrons. The van der Waals surface area contributed by atoms with E-state index < -0.39 is 0 Å². The topological polar surface area (TPSA) is 55.6 Å². The highest BCUT2D eigenvalue weighted by molar-refractivity contribution is 9.10. The highest BCUT2D eigenvalue weighted by Gasteiger charge is 2.43. The highest BCUT2D eigenvalue weighted by Crippen LogP contribution is 2.42. The Morgan fingerprint density at radius 3 is 2.75 bits per heavy atom. The van der Waals surface area contributed by atoms with Crippen LogP contribution in [0.1, 0.15) is 37.3 Å². The number of amides is 1. The number of carbonyl (C=O) groups excluding carboxylic acids is 1. The number of hydrogen-bond acceptors (Lipinski definition) is 3. The van der Waals surface area contributed by atoms with Gasteiger partial charge in [0.2, 0.25) is 5.91 Å². The molecule has 3 rings (SSSR count). The average molecular weight is 339 g/mol. The molecule has 20 heavy (non-hydrogen) atoms. The maximum Gasteiger partial charge on any atom is 0.223 e. The summed E-state index contributed by atoms with van der Waals surface area (Å²) < 4.78 is 6.29. The summed E-state index contributed by atoms with van der Waals surface area (Å²) >= 11 is 3.59. The summed E-state index contributed by atoms with van der Waals surface area (Å²) in [5.74, 6) is 1.03. The third-order valence-corrected chi connectivity index (χ3v) is 4.87. The number of nitrogens with zero attached hydrogens (tertiary/aromatic N) is 1. The molecule has 108 valence electrons. The third kappa shape index (κ3) is 2.44. The first-order chi connectivity index (χ1) is 9.61. The number of benzene rings is 1. The number of rotatable bonds is 3. The largest absolute Gasteiger partial charge is 0.497 e. The van der Waals surface area contributed by atoms with E-state index in [0.29, 0.717) is 12.5 Å². The molecule has 1 saturated heterocycles. The fraction of sp³-hybridized carbons (Fsp3) is 0.533. The Morgan fingerprint density at radius 2 is 2.10 bits per heavy atom. The van der Waals surface area contributed by atoms with E-state index in [1.165, 1.54) is 0 Å². The van der Waals surface area contributed by atoms with Crippen LogP contribution in [0.2, 0.25) is 0 Å². The van der Waals surface area contributed by atoms with E-state index in [1.54, 1.807) is 7.11 Å². The monoisotopic (exact) mass is 338 g/mol. The minimum Gasteiger partial charge on any atom is -0.497 e. The summed E-state index contributed by atoms with van der Waals surface area (Å²) in [7, 11) is 1.65. The summed E-state index contributed by atoms with van der Waals surface area (Å²) in [6, 6.07) is 6.17. The van der Waals surface area contributed by atoms with Crippen LogP contribution >= 0.6 is 15.9 Å². The van der Waals surface area contributed by atoms with Gasteiger partial charge in [0.05, 0.1) is 13.2 Å². The fourth-order valence-corrected chi connectivity index (χ4v) is 3.46. The molecule has 0 spiro atoms. The highest BCUT2D eigenvalue weighted by atomic mass is 79.9. The molecule has 1 aliphatic heterocycles. The first-order valence-electron chi connectivity index (χ1n) is 7.02. The van der Waals surface area contributed by atoms with Gasteiger partial charge >= 0.3 is 0 Å². The van der Waals surface area contributed by atoms with E-state index in [9.17, 15) is 4.79 Å². The zero-order valence-electron chi connectivity index (χ0n) is 11.5. The van der Waals surface area contributed by atoms with Crippen LogP contribution in [0, 0.1) is 0 Å². The van der Waals surface area contributed by atoms with Crippen LogP contribution in [0.15, 0.2) is 22.7 Å². The van der Waals surface area contributed by atoms with Crippen molar-refractivity contribution in [1.82, 2.24) is 4.90 Å². The lowest BCUT2D eigenvalue weighted by Crippen LogP contribution is -2.49. The smallest absolute Gasteiger partial charge is 0.223 e. The van der Waals surface area contributed by atoms with Crippen molar-refractivity contribution in [2.75, 3.05) is 7.11 Å². The molecule has 2 aliphatic rings. The summed E-state index contributed by atoms with van der Waals surface area (Å²) in [5, 5.41) is 0. The SMILES string of the molecule is COc1ccc(Br)c(C2C(N)CCC(=O)N2C2CC2)c1. The molecule has 2 fully saturated rings. The number of methoxy groups -OCH3 is 1. The molecule has 1 aromatic carbocycles. The molecule has 1 saturated carbocycles. The zero-order valence-corrected chi connectivity index (χ0v) is 13.1. The van der Waals surface area contributed by atoms with Crippen LogP contribution in [0.25, 0.3) is 0 Å². The summed E-state index contributed by atoms with van der Waals surface area (Å²) in [6.07, 6.45) is 3.50. The molecular formula is C15H19BrN2O2. The van der Waals surface area contributed by atoms with Crippen molar-refractivity contribution in [2.24, 2.45) is 5.73 Å². The van der Waals surface area contributed by atoms with Gasteiger partial charge in [-0.1, -0.05) is 15.9 Å². The Hall–Kier alpha value is -1.07. The molecule has 1 amide bonds. The van der Waals surface area contributed by atoms with Gasteiger partial charge in [-0.2, -0.15) is 0 Å². The van der Waals surface area contributed by atoms with Gasteiger partial charge in [-0.3, -0.25) is 4.79 Å². The van der Waals surface area contributed by atoms with Gasteiger partial charge < -0.3 is 15.4 Å². The van der Waals surface area contributed by atoms with Gasteiger partial charge in [-0.15, -0.1) is 0 Å². The summed E-state index contributed by atoms with van der Waals surface area (Å²) in [4.78, 5) is 14.3. The van der Waals surface area contributed by atoms with Crippen LogP contribution in [-0.4, -0.2) is 30.0 Å². The molecular weight excluding hydrogens is 320 g/mol. The van der Waals surface area contributed by atoms with Gasteiger partial charge in [0, 0.05) is 23.0 Å². The molecule has 5 heteroatoms. The molecule has 2 unspecified atom stereocenters. The van der Waals surface area contributed by atoms with E-state index in [-0.39, 0.29) is 18.0 Å². The average Bonchev–Trinajstić information content (AvgIpc) is 3.26. The second-order valence-corrected chi connectivity index (χ2v) is 6.42. The normalized spacial score (nSPS) is 26.8. The lowest BCUT2D eigenvalue weighted by atomic mass is 9.90. The summed E-state index contributed by atoms with van der Waals surface area (Å²) in [6.45, 7) is 0. The third-order valence-electron chi connectivity index (χ3n) is 4.15. The Balaban J connectivity index is 2.01. The maximum atomic E-state index is 12.3. The van der Waals surface area contributed by atoms with Gasteiger partial charge in [-0.05, 0) is 43.0 Å². The van der Waals surface area contributed by atoms with Gasteiger partial charge in [0.1, 0.15) is 5.75 Å². The van der Waals surface area contributed by atoms with Crippen molar-refractivity contribution in [3.05, 3.63) is 28.2 Å². The van der Waals surface area contributed by atoms with E-state index in [4.69, 9.17) is 10.5 Å². The van der Waals surface area contributed by atoms with E-state index >= 15 is 0 Å². The number of ether oxygens (including phenoxy) is 1. The van der Waals surface area contributed by atoms with Crippen LogP contribution in [0.3, 0.4) is 0 Å². The van der Waals surface area contributed by atoms with Crippen molar-refractivity contribution in [3.8, 4) is 5.75 Å². The van der Waals surface area contributed by atoms with E-state index in [1.807, 2.05) is 23.1 Å². The minimum absolute atomic E-state index is 0.0169. The Morgan fingerprint density at radius 1 is 1.35 bits per heavy atom. The Labute approximate surface area is 127 Å². The van der Waals surface area contributed by atoms with Crippen molar-refractivity contribution in [1.29, 1.82) is 0 Å². The number of likely N-dealkylation sites (tertiary alicyclic amines) is 1. The van der Waals surface area contributed by atoms with Gasteiger partial charge in [0.15, 0.2) is 0 Å². The minimum atomic E-state index is -0.0479. The number of nitrogens with two attached hydrogens (primary N) is 1. The lowest BCUT2D eigenvalue weighted by molar-refractivity contribution is -0.138. The number of piperidine rings is 1. The Bertz CT molecular complexity index is 531. The lowest BCUT2D eigenvalue weighted by Gasteiger charge is -2.40. The maximum absolute atomic E-state index is 12.3. The van der Waals surface area contributed by atoms with Crippen LogP contribution in [-0.2, 0) is 4.79 Å². The zero-order chi connectivity index (χ0) is 14.3. The first kappa shape index (κ1) is 13.9. The van der Waals surface area contributed by atoms with Gasteiger partial charge in [0.25, 0.3) is 0 Å². The van der Waals surface area contributed by atoms with Crippen molar-refractivity contribution < 1.29 is 9.53 Å². The second-order valence-electron chi connectivity index (χ2n) is 5.57. The number of carbonyl (C=O) groups is 1. The molecule has 0 bridgehead atoms. The quantitative estimate of drug-likeness (QED) is 0.921. The van der Waals surface area contributed by atoms with Crippen LogP contribution < -0.4 is 10.5 Å². The molecule has 2 N–H and O–H groups in total. The van der Waals surface area contributed by atoms with Crippen molar-refractivity contribution in [3.63, 3.8) is 0 Å². The van der Waals surface area contributed by atoms with Crippen LogP contribution in [0.5, 0.6) is 5.75 Å². The number of hydrogen-bond donors (Lipinski definition) is 1. The molecule has 2 atom stereocenters. The second kappa shape index (κ2) is 5.37. The molecule has 0 aromatic heterocycles. The summed E-state index contributed by atoms with van der Waals surface area (Å²) in [5.41, 5.74) is 7.39. The van der Waals surface area contributed by atoms with E-state index in [0.717, 1.165) is 35.0 Å². The first-order valence-corrected chi connectivity index (χ1v) is 7.81. The van der Waals surface area contributed by atoms with Crippen molar-refractivity contribution in [2.45, 2.75) is 43.8 Å². The predicted molar refractivity (Wildman–Crippen MR) is 80.5 cm³/mol. The van der Waals surface area contributed by atoms with Crippen molar-refractivity contribution >= 4 is 21.8 Å². The molecule has 1 aliphatic carbocycles. The Kier molecular flexibility index (Phi) is 3.73. The van der Waals surface area contributed by atoms with Gasteiger partial charge in [-0.25, -0.2) is 0 Å². The molecule has 1 aromatic rings. The van der Waals surface area contributed by atoms with Crippen LogP contribution in [0.4, 0.5) is 0 Å².